The molecular formula is C12H12BrClN2O2. The van der Waals surface area contributed by atoms with Crippen molar-refractivity contribution in [3.05, 3.63) is 39.5 Å². The maximum Gasteiger partial charge on any atom is 0.253 e. The zero-order valence-corrected chi connectivity index (χ0v) is 12.4. The van der Waals surface area contributed by atoms with Crippen LogP contribution in [0, 0.1) is 13.8 Å². The topological polar surface area (TPSA) is 48.2 Å². The van der Waals surface area contributed by atoms with Gasteiger partial charge < -0.3 is 9.15 Å². The molecule has 0 amide bonds. The highest BCUT2D eigenvalue weighted by Crippen LogP contribution is 2.27. The average molecular weight is 332 g/mol. The van der Waals surface area contributed by atoms with E-state index in [9.17, 15) is 0 Å². The number of hydrogen-bond acceptors (Lipinski definition) is 4. The summed E-state index contributed by atoms with van der Waals surface area (Å²) in [6, 6.07) is 4.00. The highest BCUT2D eigenvalue weighted by Gasteiger charge is 2.09. The van der Waals surface area contributed by atoms with Gasteiger partial charge in [0.25, 0.3) is 5.89 Å². The molecule has 0 fully saturated rings. The number of aryl methyl sites for hydroxylation is 2. The van der Waals surface area contributed by atoms with Crippen LogP contribution < -0.4 is 4.74 Å². The van der Waals surface area contributed by atoms with Gasteiger partial charge in [0.05, 0.1) is 0 Å². The van der Waals surface area contributed by atoms with Crippen molar-refractivity contribution in [1.82, 2.24) is 10.2 Å². The van der Waals surface area contributed by atoms with Gasteiger partial charge in [-0.15, -0.1) is 21.8 Å². The van der Waals surface area contributed by atoms with Crippen LogP contribution in [0.15, 0.2) is 21.0 Å². The molecule has 0 aliphatic carbocycles. The van der Waals surface area contributed by atoms with E-state index in [4.69, 9.17) is 20.8 Å². The summed E-state index contributed by atoms with van der Waals surface area (Å²) in [5.41, 5.74) is 2.11. The first kappa shape index (κ1) is 13.4. The number of hydrogen-bond donors (Lipinski definition) is 0. The Bertz CT molecular complexity index is 534. The number of ether oxygens (including phenoxy) is 1. The summed E-state index contributed by atoms with van der Waals surface area (Å²) in [5.74, 6) is 1.87. The summed E-state index contributed by atoms with van der Waals surface area (Å²) >= 11 is 9.03. The van der Waals surface area contributed by atoms with Gasteiger partial charge in [-0.25, -0.2) is 0 Å². The van der Waals surface area contributed by atoms with Crippen LogP contribution in [0.2, 0.25) is 0 Å². The van der Waals surface area contributed by atoms with Crippen molar-refractivity contribution in [2.75, 3.05) is 0 Å². The largest absolute Gasteiger partial charge is 0.483 e. The number of rotatable bonds is 4. The van der Waals surface area contributed by atoms with Gasteiger partial charge in [0.15, 0.2) is 6.61 Å². The quantitative estimate of drug-likeness (QED) is 0.800. The van der Waals surface area contributed by atoms with Gasteiger partial charge in [-0.3, -0.25) is 0 Å². The second-order valence-corrected chi connectivity index (χ2v) is 5.06. The molecule has 0 N–H and O–H groups in total. The maximum atomic E-state index is 5.71. The van der Waals surface area contributed by atoms with Crippen LogP contribution in [-0.4, -0.2) is 10.2 Å². The molecule has 1 heterocycles. The lowest BCUT2D eigenvalue weighted by molar-refractivity contribution is 0.257. The number of halogens is 2. The molecule has 4 nitrogen and oxygen atoms in total. The normalized spacial score (nSPS) is 10.7. The zero-order chi connectivity index (χ0) is 13.1. The summed E-state index contributed by atoms with van der Waals surface area (Å²) in [6.45, 7) is 4.23. The van der Waals surface area contributed by atoms with E-state index in [1.165, 1.54) is 0 Å². The molecule has 1 aromatic carbocycles. The Morgan fingerprint density at radius 1 is 1.22 bits per heavy atom. The minimum Gasteiger partial charge on any atom is -0.483 e. The van der Waals surface area contributed by atoms with E-state index >= 15 is 0 Å². The van der Waals surface area contributed by atoms with E-state index in [0.29, 0.717) is 11.8 Å². The van der Waals surface area contributed by atoms with E-state index in [1.807, 2.05) is 26.0 Å². The smallest absolute Gasteiger partial charge is 0.253 e. The molecule has 0 saturated carbocycles. The van der Waals surface area contributed by atoms with E-state index in [-0.39, 0.29) is 12.5 Å². The van der Waals surface area contributed by atoms with Crippen LogP contribution in [0.3, 0.4) is 0 Å². The minimum atomic E-state index is 0.212. The predicted octanol–water partition coefficient (Wildman–Crippen LogP) is 3.77. The third-order valence-corrected chi connectivity index (χ3v) is 3.07. The van der Waals surface area contributed by atoms with Crippen molar-refractivity contribution in [2.45, 2.75) is 26.3 Å². The molecule has 0 aliphatic rings. The van der Waals surface area contributed by atoms with Gasteiger partial charge in [-0.2, -0.15) is 0 Å². The molecule has 0 aliphatic heterocycles. The number of alkyl halides is 1. The molecule has 2 aromatic rings. The van der Waals surface area contributed by atoms with Crippen LogP contribution >= 0.6 is 27.5 Å². The molecule has 0 atom stereocenters. The molecule has 0 radical (unpaired) electrons. The van der Waals surface area contributed by atoms with E-state index < -0.39 is 0 Å². The van der Waals surface area contributed by atoms with Crippen LogP contribution in [0.4, 0.5) is 0 Å². The van der Waals surface area contributed by atoms with E-state index in [2.05, 4.69) is 26.1 Å². The lowest BCUT2D eigenvalue weighted by Gasteiger charge is -2.10. The van der Waals surface area contributed by atoms with Gasteiger partial charge in [0, 0.05) is 4.47 Å². The van der Waals surface area contributed by atoms with Gasteiger partial charge in [0.2, 0.25) is 5.89 Å². The first-order chi connectivity index (χ1) is 8.60. The Hall–Kier alpha value is -1.07. The van der Waals surface area contributed by atoms with Crippen molar-refractivity contribution >= 4 is 27.5 Å². The third kappa shape index (κ3) is 3.03. The van der Waals surface area contributed by atoms with Crippen molar-refractivity contribution in [3.63, 3.8) is 0 Å². The van der Waals surface area contributed by atoms with Crippen molar-refractivity contribution in [2.24, 2.45) is 0 Å². The van der Waals surface area contributed by atoms with Gasteiger partial charge in [-0.1, -0.05) is 15.9 Å². The molecule has 6 heteroatoms. The monoisotopic (exact) mass is 330 g/mol. The summed E-state index contributed by atoms with van der Waals surface area (Å²) in [5, 5.41) is 7.61. The van der Waals surface area contributed by atoms with Crippen LogP contribution in [0.1, 0.15) is 22.9 Å². The maximum absolute atomic E-state index is 5.71. The lowest BCUT2D eigenvalue weighted by atomic mass is 10.1. The van der Waals surface area contributed by atoms with Crippen molar-refractivity contribution < 1.29 is 9.15 Å². The highest BCUT2D eigenvalue weighted by molar-refractivity contribution is 9.10. The average Bonchev–Trinajstić information content (AvgIpc) is 2.75. The molecule has 1 aromatic heterocycles. The Morgan fingerprint density at radius 3 is 2.39 bits per heavy atom. The lowest BCUT2D eigenvalue weighted by Crippen LogP contribution is -1.99. The van der Waals surface area contributed by atoms with Crippen LogP contribution in [0.25, 0.3) is 0 Å². The predicted molar refractivity (Wildman–Crippen MR) is 71.8 cm³/mol. The van der Waals surface area contributed by atoms with Crippen molar-refractivity contribution in [3.8, 4) is 5.75 Å². The summed E-state index contributed by atoms with van der Waals surface area (Å²) in [6.07, 6.45) is 0. The molecule has 18 heavy (non-hydrogen) atoms. The summed E-state index contributed by atoms with van der Waals surface area (Å²) in [7, 11) is 0. The number of aromatic nitrogens is 2. The standard InChI is InChI=1S/C12H12BrClN2O2/c1-7-3-9(13)4-8(2)12(7)17-6-11-16-15-10(5-14)18-11/h3-4H,5-6H2,1-2H3. The first-order valence-electron chi connectivity index (χ1n) is 5.37. The second kappa shape index (κ2) is 5.71. The highest BCUT2D eigenvalue weighted by atomic mass is 79.9. The van der Waals surface area contributed by atoms with Crippen LogP contribution in [0.5, 0.6) is 5.75 Å². The molecule has 0 unspecified atom stereocenters. The Morgan fingerprint density at radius 2 is 1.83 bits per heavy atom. The minimum absolute atomic E-state index is 0.212. The number of benzene rings is 1. The van der Waals surface area contributed by atoms with Gasteiger partial charge in [0.1, 0.15) is 11.6 Å². The second-order valence-electron chi connectivity index (χ2n) is 3.88. The molecule has 0 spiro atoms. The van der Waals surface area contributed by atoms with E-state index in [1.54, 1.807) is 0 Å². The van der Waals surface area contributed by atoms with E-state index in [0.717, 1.165) is 21.3 Å². The first-order valence-corrected chi connectivity index (χ1v) is 6.69. The number of nitrogens with zero attached hydrogens (tertiary/aromatic N) is 2. The zero-order valence-electron chi connectivity index (χ0n) is 10.0. The summed E-state index contributed by atoms with van der Waals surface area (Å²) in [4.78, 5) is 0. The fourth-order valence-corrected chi connectivity index (χ4v) is 2.45. The fourth-order valence-electron chi connectivity index (χ4n) is 1.66. The molecule has 2 rings (SSSR count). The summed E-state index contributed by atoms with van der Waals surface area (Å²) < 4.78 is 12.0. The fraction of sp³-hybridized carbons (Fsp3) is 0.333. The molecule has 0 saturated heterocycles. The SMILES string of the molecule is Cc1cc(Br)cc(C)c1OCc1nnc(CCl)o1. The van der Waals surface area contributed by atoms with Gasteiger partial charge >= 0.3 is 0 Å². The Balaban J connectivity index is 2.10. The van der Waals surface area contributed by atoms with Crippen molar-refractivity contribution in [1.29, 1.82) is 0 Å². The molecule has 0 bridgehead atoms. The Kier molecular flexibility index (Phi) is 4.24. The molecule has 96 valence electrons. The third-order valence-electron chi connectivity index (χ3n) is 2.39. The van der Waals surface area contributed by atoms with Crippen LogP contribution in [-0.2, 0) is 12.5 Å². The van der Waals surface area contributed by atoms with Gasteiger partial charge in [-0.05, 0) is 37.1 Å². The molecular weight excluding hydrogens is 320 g/mol. The Labute approximate surface area is 118 Å².